The maximum Gasteiger partial charge on any atom is 0.148 e. The van der Waals surface area contributed by atoms with Crippen LogP contribution in [0.4, 0.5) is 11.6 Å². The molecule has 0 unspecified atom stereocenters. The van der Waals surface area contributed by atoms with E-state index in [1.165, 1.54) is 6.33 Å². The molecule has 0 saturated heterocycles. The van der Waals surface area contributed by atoms with Gasteiger partial charge >= 0.3 is 0 Å². The lowest BCUT2D eigenvalue weighted by molar-refractivity contribution is 0.301. The van der Waals surface area contributed by atoms with E-state index >= 15 is 0 Å². The molecule has 0 aliphatic rings. The molecule has 0 aliphatic heterocycles. The molecule has 0 fully saturated rings. The van der Waals surface area contributed by atoms with Gasteiger partial charge in [0.2, 0.25) is 0 Å². The van der Waals surface area contributed by atoms with Crippen LogP contribution in [0.5, 0.6) is 0 Å². The van der Waals surface area contributed by atoms with Crippen LogP contribution >= 0.6 is 15.9 Å². The van der Waals surface area contributed by atoms with Crippen LogP contribution < -0.4 is 10.6 Å². The number of hydrogen-bond donors (Lipinski definition) is 2. The molecule has 15 heavy (non-hydrogen) atoms. The second-order valence-electron chi connectivity index (χ2n) is 3.11. The number of aromatic nitrogens is 2. The molecule has 1 rings (SSSR count). The summed E-state index contributed by atoms with van der Waals surface area (Å²) >= 11 is 3.35. The summed E-state index contributed by atoms with van der Waals surface area (Å²) in [7, 11) is 0. The minimum atomic E-state index is 0.0936. The quantitative estimate of drug-likeness (QED) is 0.839. The Morgan fingerprint density at radius 3 is 2.80 bits per heavy atom. The molecule has 0 spiro atoms. The molecular formula is C9H15BrN4O. The zero-order valence-electron chi connectivity index (χ0n) is 8.65. The molecule has 0 saturated carbocycles. The average molecular weight is 275 g/mol. The van der Waals surface area contributed by atoms with Crippen LogP contribution in [0.3, 0.4) is 0 Å². The Balaban J connectivity index is 2.94. The van der Waals surface area contributed by atoms with Crippen LogP contribution in [0.1, 0.15) is 13.3 Å². The summed E-state index contributed by atoms with van der Waals surface area (Å²) in [6, 6.07) is 0. The van der Waals surface area contributed by atoms with Gasteiger partial charge in [-0.3, -0.25) is 0 Å². The van der Waals surface area contributed by atoms with E-state index in [-0.39, 0.29) is 6.61 Å². The van der Waals surface area contributed by atoms with Crippen molar-refractivity contribution in [3.05, 3.63) is 10.8 Å². The molecule has 0 aromatic carbocycles. The van der Waals surface area contributed by atoms with Crippen molar-refractivity contribution >= 4 is 27.6 Å². The molecule has 0 radical (unpaired) electrons. The van der Waals surface area contributed by atoms with E-state index in [4.69, 9.17) is 10.8 Å². The SMILES string of the molecule is CCCN(CCO)c1ncnc(N)c1Br. The number of aliphatic hydroxyl groups is 1. The summed E-state index contributed by atoms with van der Waals surface area (Å²) in [6.07, 6.45) is 2.41. The highest BCUT2D eigenvalue weighted by molar-refractivity contribution is 9.10. The van der Waals surface area contributed by atoms with Gasteiger partial charge in [-0.1, -0.05) is 6.92 Å². The molecule has 1 aromatic heterocycles. The number of halogens is 1. The van der Waals surface area contributed by atoms with Gasteiger partial charge in [-0.2, -0.15) is 0 Å². The summed E-state index contributed by atoms with van der Waals surface area (Å²) in [5, 5.41) is 8.95. The van der Waals surface area contributed by atoms with E-state index in [2.05, 4.69) is 32.8 Å². The van der Waals surface area contributed by atoms with Crippen LogP contribution in [0.25, 0.3) is 0 Å². The Morgan fingerprint density at radius 2 is 2.20 bits per heavy atom. The minimum absolute atomic E-state index is 0.0936. The van der Waals surface area contributed by atoms with Gasteiger partial charge in [-0.05, 0) is 22.4 Å². The topological polar surface area (TPSA) is 75.3 Å². The molecule has 1 aromatic rings. The van der Waals surface area contributed by atoms with Gasteiger partial charge in [0.15, 0.2) is 0 Å². The fourth-order valence-electron chi connectivity index (χ4n) is 1.31. The maximum absolute atomic E-state index is 8.95. The van der Waals surface area contributed by atoms with Crippen LogP contribution in [0, 0.1) is 0 Å². The molecule has 6 heteroatoms. The summed E-state index contributed by atoms with van der Waals surface area (Å²) < 4.78 is 0.687. The molecule has 0 amide bonds. The third-order valence-electron chi connectivity index (χ3n) is 1.96. The number of hydrogen-bond acceptors (Lipinski definition) is 5. The predicted octanol–water partition coefficient (Wildman–Crippen LogP) is 1.03. The van der Waals surface area contributed by atoms with E-state index in [1.807, 2.05) is 4.90 Å². The van der Waals surface area contributed by atoms with Gasteiger partial charge in [-0.15, -0.1) is 0 Å². The lowest BCUT2D eigenvalue weighted by atomic mass is 10.4. The van der Waals surface area contributed by atoms with Crippen molar-refractivity contribution in [2.75, 3.05) is 30.3 Å². The zero-order valence-corrected chi connectivity index (χ0v) is 10.2. The summed E-state index contributed by atoms with van der Waals surface area (Å²) in [4.78, 5) is 10.0. The Bertz CT molecular complexity index is 315. The third kappa shape index (κ3) is 3.04. The van der Waals surface area contributed by atoms with Gasteiger partial charge in [-0.25, -0.2) is 9.97 Å². The second-order valence-corrected chi connectivity index (χ2v) is 3.90. The number of aliphatic hydroxyl groups excluding tert-OH is 1. The van der Waals surface area contributed by atoms with E-state index in [1.54, 1.807) is 0 Å². The highest BCUT2D eigenvalue weighted by Crippen LogP contribution is 2.27. The normalized spacial score (nSPS) is 10.3. The molecule has 1 heterocycles. The predicted molar refractivity (Wildman–Crippen MR) is 63.7 cm³/mol. The first kappa shape index (κ1) is 12.2. The molecule has 84 valence electrons. The highest BCUT2D eigenvalue weighted by atomic mass is 79.9. The lowest BCUT2D eigenvalue weighted by Crippen LogP contribution is -2.28. The van der Waals surface area contributed by atoms with Crippen molar-refractivity contribution in [2.24, 2.45) is 0 Å². The molecule has 0 atom stereocenters. The summed E-state index contributed by atoms with van der Waals surface area (Å²) in [5.74, 6) is 1.15. The number of nitrogens with two attached hydrogens (primary N) is 1. The Labute approximate surface area is 97.5 Å². The summed E-state index contributed by atoms with van der Waals surface area (Å²) in [5.41, 5.74) is 5.66. The number of nitrogens with zero attached hydrogens (tertiary/aromatic N) is 3. The molecule has 5 nitrogen and oxygen atoms in total. The van der Waals surface area contributed by atoms with Gasteiger partial charge in [0.05, 0.1) is 6.61 Å². The van der Waals surface area contributed by atoms with Gasteiger partial charge < -0.3 is 15.7 Å². The number of rotatable bonds is 5. The van der Waals surface area contributed by atoms with Crippen molar-refractivity contribution in [3.8, 4) is 0 Å². The van der Waals surface area contributed by atoms with Crippen LogP contribution in [0.15, 0.2) is 10.8 Å². The van der Waals surface area contributed by atoms with E-state index in [9.17, 15) is 0 Å². The van der Waals surface area contributed by atoms with Crippen LogP contribution in [0.2, 0.25) is 0 Å². The standard InChI is InChI=1S/C9H15BrN4O/c1-2-3-14(4-5-15)9-7(10)8(11)12-6-13-9/h6,15H,2-5H2,1H3,(H2,11,12,13). The Morgan fingerprint density at radius 1 is 1.47 bits per heavy atom. The van der Waals surface area contributed by atoms with Crippen molar-refractivity contribution in [2.45, 2.75) is 13.3 Å². The largest absolute Gasteiger partial charge is 0.395 e. The smallest absolute Gasteiger partial charge is 0.148 e. The fourth-order valence-corrected chi connectivity index (χ4v) is 1.76. The van der Waals surface area contributed by atoms with Crippen molar-refractivity contribution < 1.29 is 5.11 Å². The van der Waals surface area contributed by atoms with Crippen molar-refractivity contribution in [1.29, 1.82) is 0 Å². The van der Waals surface area contributed by atoms with E-state index in [0.717, 1.165) is 18.8 Å². The van der Waals surface area contributed by atoms with Gasteiger partial charge in [0.1, 0.15) is 22.4 Å². The second kappa shape index (κ2) is 5.87. The molecular weight excluding hydrogens is 260 g/mol. The van der Waals surface area contributed by atoms with Gasteiger partial charge in [0.25, 0.3) is 0 Å². The molecule has 0 bridgehead atoms. The van der Waals surface area contributed by atoms with E-state index in [0.29, 0.717) is 16.8 Å². The fraction of sp³-hybridized carbons (Fsp3) is 0.556. The number of nitrogen functional groups attached to an aromatic ring is 1. The van der Waals surface area contributed by atoms with Crippen molar-refractivity contribution in [3.63, 3.8) is 0 Å². The van der Waals surface area contributed by atoms with Gasteiger partial charge in [0, 0.05) is 13.1 Å². The Kier molecular flexibility index (Phi) is 4.77. The lowest BCUT2D eigenvalue weighted by Gasteiger charge is -2.23. The Hall–Kier alpha value is -0.880. The first-order valence-corrected chi connectivity index (χ1v) is 5.61. The summed E-state index contributed by atoms with van der Waals surface area (Å²) in [6.45, 7) is 3.54. The zero-order chi connectivity index (χ0) is 11.3. The monoisotopic (exact) mass is 274 g/mol. The van der Waals surface area contributed by atoms with E-state index < -0.39 is 0 Å². The minimum Gasteiger partial charge on any atom is -0.395 e. The first-order valence-electron chi connectivity index (χ1n) is 4.82. The van der Waals surface area contributed by atoms with Crippen LogP contribution in [-0.2, 0) is 0 Å². The molecule has 0 aliphatic carbocycles. The van der Waals surface area contributed by atoms with Crippen molar-refractivity contribution in [1.82, 2.24) is 9.97 Å². The highest BCUT2D eigenvalue weighted by Gasteiger charge is 2.12. The first-order chi connectivity index (χ1) is 7.20. The number of anilines is 2. The molecule has 3 N–H and O–H groups in total. The van der Waals surface area contributed by atoms with Crippen LogP contribution in [-0.4, -0.2) is 34.8 Å². The third-order valence-corrected chi connectivity index (χ3v) is 2.72. The maximum atomic E-state index is 8.95. The average Bonchev–Trinajstić information content (AvgIpc) is 2.22.